The Balaban J connectivity index is 3.19. The first-order valence-electron chi connectivity index (χ1n) is 8.91. The van der Waals surface area contributed by atoms with E-state index in [0.29, 0.717) is 11.2 Å². The highest BCUT2D eigenvalue weighted by molar-refractivity contribution is 9.09. The van der Waals surface area contributed by atoms with Crippen LogP contribution in [0.5, 0.6) is 0 Å². The molecule has 0 aliphatic carbocycles. The lowest BCUT2D eigenvalue weighted by molar-refractivity contribution is -0.140. The molecule has 0 fully saturated rings. The summed E-state index contributed by atoms with van der Waals surface area (Å²) in [4.78, 5) is 11.6. The number of methoxy groups -OCH3 is 1. The van der Waals surface area contributed by atoms with Crippen LogP contribution in [0.3, 0.4) is 0 Å². The maximum atomic E-state index is 11.0. The number of hydrogen-bond donors (Lipinski definition) is 0. The van der Waals surface area contributed by atoms with Crippen molar-refractivity contribution in [2.45, 2.75) is 102 Å². The van der Waals surface area contributed by atoms with E-state index in [1.165, 1.54) is 77.7 Å². The molecule has 0 aromatic carbocycles. The Labute approximate surface area is 140 Å². The van der Waals surface area contributed by atoms with Crippen LogP contribution in [0.4, 0.5) is 0 Å². The fraction of sp³-hybridized carbons (Fsp3) is 0.944. The molecule has 0 heterocycles. The number of esters is 1. The van der Waals surface area contributed by atoms with E-state index in [9.17, 15) is 4.79 Å². The summed E-state index contributed by atoms with van der Waals surface area (Å²) in [5, 5.41) is 0. The van der Waals surface area contributed by atoms with E-state index in [4.69, 9.17) is 0 Å². The van der Waals surface area contributed by atoms with Gasteiger partial charge < -0.3 is 4.74 Å². The average Bonchev–Trinajstić information content (AvgIpc) is 2.49. The first-order chi connectivity index (χ1) is 10.2. The summed E-state index contributed by atoms with van der Waals surface area (Å²) in [5.74, 6) is -0.0793. The number of alkyl halides is 1. The van der Waals surface area contributed by atoms with Crippen LogP contribution >= 0.6 is 15.9 Å². The van der Waals surface area contributed by atoms with E-state index >= 15 is 0 Å². The zero-order valence-electron chi connectivity index (χ0n) is 14.2. The summed E-state index contributed by atoms with van der Waals surface area (Å²) in [7, 11) is 1.46. The Morgan fingerprint density at radius 3 is 1.86 bits per heavy atom. The van der Waals surface area contributed by atoms with Crippen LogP contribution in [-0.4, -0.2) is 17.9 Å². The average molecular weight is 363 g/mol. The fourth-order valence-electron chi connectivity index (χ4n) is 2.56. The van der Waals surface area contributed by atoms with Crippen molar-refractivity contribution in [3.05, 3.63) is 0 Å². The molecule has 0 aliphatic heterocycles. The highest BCUT2D eigenvalue weighted by atomic mass is 79.9. The molecular weight excluding hydrogens is 328 g/mol. The van der Waals surface area contributed by atoms with Gasteiger partial charge >= 0.3 is 5.97 Å². The Bertz CT molecular complexity index is 231. The Morgan fingerprint density at radius 1 is 0.857 bits per heavy atom. The number of carbonyl (C=O) groups excluding carboxylic acids is 1. The Kier molecular flexibility index (Phi) is 16.3. The zero-order valence-corrected chi connectivity index (χ0v) is 15.8. The first kappa shape index (κ1) is 20.9. The quantitative estimate of drug-likeness (QED) is 0.191. The second kappa shape index (κ2) is 16.3. The molecule has 0 saturated heterocycles. The zero-order chi connectivity index (χ0) is 15.8. The lowest BCUT2D eigenvalue weighted by Gasteiger charge is -2.09. The summed E-state index contributed by atoms with van der Waals surface area (Å²) in [5.41, 5.74) is 0. The van der Waals surface area contributed by atoms with E-state index < -0.39 is 0 Å². The van der Waals surface area contributed by atoms with E-state index in [-0.39, 0.29) is 5.97 Å². The number of rotatable bonds is 15. The van der Waals surface area contributed by atoms with Gasteiger partial charge in [-0.05, 0) is 19.3 Å². The van der Waals surface area contributed by atoms with Crippen molar-refractivity contribution in [1.82, 2.24) is 0 Å². The number of ether oxygens (including phenoxy) is 1. The molecule has 0 aliphatic rings. The topological polar surface area (TPSA) is 26.3 Å². The van der Waals surface area contributed by atoms with E-state index in [2.05, 4.69) is 27.6 Å². The van der Waals surface area contributed by atoms with Crippen LogP contribution in [0, 0.1) is 0 Å². The minimum absolute atomic E-state index is 0.0793. The van der Waals surface area contributed by atoms with Crippen molar-refractivity contribution < 1.29 is 9.53 Å². The molecule has 0 saturated carbocycles. The van der Waals surface area contributed by atoms with Gasteiger partial charge in [0.05, 0.1) is 7.11 Å². The predicted octanol–water partition coefficient (Wildman–Crippen LogP) is 6.40. The Morgan fingerprint density at radius 2 is 1.33 bits per heavy atom. The summed E-state index contributed by atoms with van der Waals surface area (Å²) >= 11 is 3.78. The molecule has 0 spiro atoms. The summed E-state index contributed by atoms with van der Waals surface area (Å²) in [6.07, 6.45) is 17.6. The smallest absolute Gasteiger partial charge is 0.305 e. The second-order valence-electron chi connectivity index (χ2n) is 6.04. The lowest BCUT2D eigenvalue weighted by atomic mass is 10.0. The SMILES string of the molecule is CCCCCCCCCCC(Br)CCCCCC(=O)OC. The van der Waals surface area contributed by atoms with Gasteiger partial charge in [-0.3, -0.25) is 4.79 Å². The molecule has 0 amide bonds. The van der Waals surface area contributed by atoms with E-state index in [1.807, 2.05) is 0 Å². The van der Waals surface area contributed by atoms with Gasteiger partial charge in [0.2, 0.25) is 0 Å². The fourth-order valence-corrected chi connectivity index (χ4v) is 3.21. The van der Waals surface area contributed by atoms with Crippen LogP contribution in [0.15, 0.2) is 0 Å². The number of hydrogen-bond acceptors (Lipinski definition) is 2. The minimum atomic E-state index is -0.0793. The molecule has 3 heteroatoms. The number of halogens is 1. The number of carbonyl (C=O) groups is 1. The van der Waals surface area contributed by atoms with Gasteiger partial charge in [-0.2, -0.15) is 0 Å². The molecule has 0 aromatic rings. The molecule has 2 nitrogen and oxygen atoms in total. The largest absolute Gasteiger partial charge is 0.469 e. The number of unbranched alkanes of at least 4 members (excludes halogenated alkanes) is 9. The van der Waals surface area contributed by atoms with Gasteiger partial charge in [0.25, 0.3) is 0 Å². The first-order valence-corrected chi connectivity index (χ1v) is 9.83. The van der Waals surface area contributed by atoms with Crippen molar-refractivity contribution in [3.63, 3.8) is 0 Å². The van der Waals surface area contributed by atoms with Crippen molar-refractivity contribution in [3.8, 4) is 0 Å². The molecule has 0 rings (SSSR count). The van der Waals surface area contributed by atoms with E-state index in [0.717, 1.165) is 12.8 Å². The normalized spacial score (nSPS) is 12.3. The maximum absolute atomic E-state index is 11.0. The molecule has 1 unspecified atom stereocenters. The molecule has 126 valence electrons. The van der Waals surface area contributed by atoms with Crippen molar-refractivity contribution >= 4 is 21.9 Å². The molecule has 0 radical (unpaired) electrons. The van der Waals surface area contributed by atoms with Crippen LogP contribution in [-0.2, 0) is 9.53 Å². The van der Waals surface area contributed by atoms with Crippen LogP contribution in [0.1, 0.15) is 96.8 Å². The molecular formula is C18H35BrO2. The predicted molar refractivity (Wildman–Crippen MR) is 95.0 cm³/mol. The molecule has 1 atom stereocenters. The van der Waals surface area contributed by atoms with Crippen molar-refractivity contribution in [2.75, 3.05) is 7.11 Å². The van der Waals surface area contributed by atoms with Gasteiger partial charge in [0.1, 0.15) is 0 Å². The summed E-state index contributed by atoms with van der Waals surface area (Å²) in [6.45, 7) is 2.27. The van der Waals surface area contributed by atoms with Gasteiger partial charge in [0.15, 0.2) is 0 Å². The second-order valence-corrected chi connectivity index (χ2v) is 7.33. The molecule has 0 bridgehead atoms. The summed E-state index contributed by atoms with van der Waals surface area (Å²) in [6, 6.07) is 0. The molecule has 21 heavy (non-hydrogen) atoms. The van der Waals surface area contributed by atoms with Gasteiger partial charge in [-0.25, -0.2) is 0 Å². The van der Waals surface area contributed by atoms with Crippen LogP contribution < -0.4 is 0 Å². The van der Waals surface area contributed by atoms with Gasteiger partial charge in [-0.15, -0.1) is 0 Å². The van der Waals surface area contributed by atoms with Crippen molar-refractivity contribution in [1.29, 1.82) is 0 Å². The molecule has 0 N–H and O–H groups in total. The van der Waals surface area contributed by atoms with Crippen molar-refractivity contribution in [2.24, 2.45) is 0 Å². The third-order valence-corrected chi connectivity index (χ3v) is 4.91. The summed E-state index contributed by atoms with van der Waals surface area (Å²) < 4.78 is 4.64. The van der Waals surface area contributed by atoms with E-state index in [1.54, 1.807) is 0 Å². The van der Waals surface area contributed by atoms with Crippen LogP contribution in [0.25, 0.3) is 0 Å². The highest BCUT2D eigenvalue weighted by Crippen LogP contribution is 2.19. The van der Waals surface area contributed by atoms with Gasteiger partial charge in [0, 0.05) is 11.2 Å². The Hall–Kier alpha value is -0.0500. The standard InChI is InChI=1S/C18H35BrO2/c1-3-4-5-6-7-8-9-11-14-17(19)15-12-10-13-16-18(20)21-2/h17H,3-16H2,1-2H3. The maximum Gasteiger partial charge on any atom is 0.305 e. The highest BCUT2D eigenvalue weighted by Gasteiger charge is 2.05. The van der Waals surface area contributed by atoms with Gasteiger partial charge in [-0.1, -0.05) is 87.1 Å². The monoisotopic (exact) mass is 362 g/mol. The molecule has 0 aromatic heterocycles. The minimum Gasteiger partial charge on any atom is -0.469 e. The third-order valence-electron chi connectivity index (χ3n) is 4.00. The van der Waals surface area contributed by atoms with Crippen LogP contribution in [0.2, 0.25) is 0 Å². The lowest BCUT2D eigenvalue weighted by Crippen LogP contribution is -2.01. The third kappa shape index (κ3) is 16.2.